The van der Waals surface area contributed by atoms with E-state index in [0.29, 0.717) is 0 Å². The topological polar surface area (TPSA) is 0 Å². The summed E-state index contributed by atoms with van der Waals surface area (Å²) in [5, 5.41) is 0. The van der Waals surface area contributed by atoms with Crippen LogP contribution < -0.4 is 0 Å². The molecule has 2 heteroatoms. The Balaban J connectivity index is 0. The maximum atomic E-state index is 2.66. The molecule has 5 heavy (non-hydrogen) atoms. The first-order valence-corrected chi connectivity index (χ1v) is 2.43. The molecule has 0 N–H and O–H groups in total. The molecule has 0 aliphatic heterocycles. The molecular formula is C3H9IrP. The fourth-order valence-electron chi connectivity index (χ4n) is 0. The second-order valence-corrected chi connectivity index (χ2v) is 1.37. The van der Waals surface area contributed by atoms with Crippen LogP contribution >= 0.6 is 9.24 Å². The third-order valence-electron chi connectivity index (χ3n) is 0.289. The minimum absolute atomic E-state index is 0. The van der Waals surface area contributed by atoms with Gasteiger partial charge in [-0.05, 0) is 6.16 Å². The van der Waals surface area contributed by atoms with Crippen molar-refractivity contribution in [3.63, 3.8) is 0 Å². The third kappa shape index (κ3) is 11.1. The van der Waals surface area contributed by atoms with Crippen molar-refractivity contribution in [1.82, 2.24) is 0 Å². The second kappa shape index (κ2) is 8.91. The van der Waals surface area contributed by atoms with Gasteiger partial charge in [0.15, 0.2) is 0 Å². The summed E-state index contributed by atoms with van der Waals surface area (Å²) in [5.41, 5.74) is 0. The van der Waals surface area contributed by atoms with Gasteiger partial charge < -0.3 is 0 Å². The molecule has 0 fully saturated rings. The fourth-order valence-corrected chi connectivity index (χ4v) is 0. The van der Waals surface area contributed by atoms with Gasteiger partial charge in [-0.1, -0.05) is 13.3 Å². The standard InChI is InChI=1S/C3H9P.Ir/c1-2-3-4;/h2-4H2,1H3;. The average Bonchev–Trinajstić information content (AvgIpc) is 1.37. The molecule has 0 heterocycles. The molecule has 0 rings (SSSR count). The van der Waals surface area contributed by atoms with Gasteiger partial charge in [0.2, 0.25) is 0 Å². The Labute approximate surface area is 49.3 Å². The number of hydrogen-bond donors (Lipinski definition) is 0. The molecule has 1 radical (unpaired) electrons. The summed E-state index contributed by atoms with van der Waals surface area (Å²) in [5.74, 6) is 0. The number of hydrogen-bond acceptors (Lipinski definition) is 0. The van der Waals surface area contributed by atoms with E-state index in [2.05, 4.69) is 16.2 Å². The van der Waals surface area contributed by atoms with Gasteiger partial charge in [-0.25, -0.2) is 0 Å². The van der Waals surface area contributed by atoms with E-state index in [1.54, 1.807) is 0 Å². The van der Waals surface area contributed by atoms with Crippen LogP contribution in [0.1, 0.15) is 13.3 Å². The van der Waals surface area contributed by atoms with Crippen LogP contribution in [0.15, 0.2) is 0 Å². The molecule has 0 saturated heterocycles. The zero-order valence-electron chi connectivity index (χ0n) is 3.32. The smallest absolute Gasteiger partial charge is 0 e. The van der Waals surface area contributed by atoms with Crippen molar-refractivity contribution in [2.24, 2.45) is 0 Å². The minimum atomic E-state index is 0. The van der Waals surface area contributed by atoms with Gasteiger partial charge in [0.25, 0.3) is 0 Å². The van der Waals surface area contributed by atoms with Crippen LogP contribution in [0.5, 0.6) is 0 Å². The summed E-state index contributed by atoms with van der Waals surface area (Å²) in [4.78, 5) is 0. The number of rotatable bonds is 1. The first kappa shape index (κ1) is 9.43. The predicted octanol–water partition coefficient (Wildman–Crippen LogP) is 1.27. The van der Waals surface area contributed by atoms with Crippen molar-refractivity contribution in [3.05, 3.63) is 0 Å². The predicted molar refractivity (Wildman–Crippen MR) is 24.9 cm³/mol. The van der Waals surface area contributed by atoms with Crippen molar-refractivity contribution in [3.8, 4) is 0 Å². The van der Waals surface area contributed by atoms with Crippen molar-refractivity contribution in [2.45, 2.75) is 13.3 Å². The van der Waals surface area contributed by atoms with E-state index in [1.165, 1.54) is 12.6 Å². The van der Waals surface area contributed by atoms with Crippen LogP contribution in [-0.4, -0.2) is 6.16 Å². The van der Waals surface area contributed by atoms with Crippen molar-refractivity contribution >= 4 is 9.24 Å². The largest absolute Gasteiger partial charge is 0.138 e. The molecule has 0 aromatic carbocycles. The normalized spacial score (nSPS) is 6.00. The molecule has 0 aromatic rings. The third-order valence-corrected chi connectivity index (χ3v) is 0.866. The summed E-state index contributed by atoms with van der Waals surface area (Å²) in [7, 11) is 2.66. The van der Waals surface area contributed by atoms with E-state index >= 15 is 0 Å². The van der Waals surface area contributed by atoms with Crippen LogP contribution in [0.25, 0.3) is 0 Å². The molecule has 0 bridgehead atoms. The Kier molecular flexibility index (Phi) is 16.8. The minimum Gasteiger partial charge on any atom is -0.138 e. The molecule has 0 spiro atoms. The molecular weight excluding hydrogens is 259 g/mol. The van der Waals surface area contributed by atoms with E-state index in [9.17, 15) is 0 Å². The first-order chi connectivity index (χ1) is 1.91. The van der Waals surface area contributed by atoms with Gasteiger partial charge in [-0.2, -0.15) is 0 Å². The Morgan fingerprint density at radius 1 is 1.60 bits per heavy atom. The van der Waals surface area contributed by atoms with Crippen LogP contribution in [-0.2, 0) is 20.1 Å². The van der Waals surface area contributed by atoms with Crippen molar-refractivity contribution in [1.29, 1.82) is 0 Å². The van der Waals surface area contributed by atoms with Gasteiger partial charge in [0.05, 0.1) is 0 Å². The zero-order valence-corrected chi connectivity index (χ0v) is 6.87. The van der Waals surface area contributed by atoms with E-state index < -0.39 is 0 Å². The van der Waals surface area contributed by atoms with Crippen LogP contribution in [0.2, 0.25) is 0 Å². The molecule has 35 valence electrons. The Morgan fingerprint density at radius 2 is 1.80 bits per heavy atom. The van der Waals surface area contributed by atoms with Gasteiger partial charge in [-0.15, -0.1) is 9.24 Å². The van der Waals surface area contributed by atoms with E-state index in [4.69, 9.17) is 0 Å². The molecule has 1 atom stereocenters. The molecule has 1 unspecified atom stereocenters. The Bertz CT molecular complexity index is 8.85. The molecule has 0 saturated carbocycles. The fraction of sp³-hybridized carbons (Fsp3) is 1.00. The monoisotopic (exact) mass is 269 g/mol. The summed E-state index contributed by atoms with van der Waals surface area (Å²) in [6, 6.07) is 0. The second-order valence-electron chi connectivity index (χ2n) is 0.789. The van der Waals surface area contributed by atoms with Gasteiger partial charge in [0.1, 0.15) is 0 Å². The zero-order chi connectivity index (χ0) is 3.41. The van der Waals surface area contributed by atoms with Gasteiger partial charge in [-0.3, -0.25) is 0 Å². The summed E-state index contributed by atoms with van der Waals surface area (Å²) < 4.78 is 0. The van der Waals surface area contributed by atoms with Crippen molar-refractivity contribution < 1.29 is 20.1 Å². The molecule has 0 aliphatic carbocycles. The SMILES string of the molecule is CCCP.[Ir]. The van der Waals surface area contributed by atoms with Crippen LogP contribution in [0.4, 0.5) is 0 Å². The Hall–Kier alpha value is 1.08. The van der Waals surface area contributed by atoms with Gasteiger partial charge in [0, 0.05) is 20.1 Å². The molecule has 0 aromatic heterocycles. The maximum Gasteiger partial charge on any atom is 0 e. The molecule has 0 nitrogen and oxygen atoms in total. The maximum absolute atomic E-state index is 2.66. The summed E-state index contributed by atoms with van der Waals surface area (Å²) in [6.45, 7) is 2.16. The molecule has 0 amide bonds. The first-order valence-electron chi connectivity index (χ1n) is 1.62. The van der Waals surface area contributed by atoms with Crippen LogP contribution in [0.3, 0.4) is 0 Å². The molecule has 0 aliphatic rings. The average molecular weight is 268 g/mol. The van der Waals surface area contributed by atoms with E-state index in [-0.39, 0.29) is 20.1 Å². The van der Waals surface area contributed by atoms with Crippen LogP contribution in [0, 0.1) is 0 Å². The van der Waals surface area contributed by atoms with Crippen molar-refractivity contribution in [2.75, 3.05) is 6.16 Å². The van der Waals surface area contributed by atoms with E-state index in [1.807, 2.05) is 0 Å². The summed E-state index contributed by atoms with van der Waals surface area (Å²) >= 11 is 0. The van der Waals surface area contributed by atoms with Gasteiger partial charge >= 0.3 is 0 Å². The summed E-state index contributed by atoms with van der Waals surface area (Å²) in [6.07, 6.45) is 2.52. The Morgan fingerprint density at radius 3 is 1.80 bits per heavy atom. The quantitative estimate of drug-likeness (QED) is 0.628. The van der Waals surface area contributed by atoms with E-state index in [0.717, 1.165) is 0 Å².